The van der Waals surface area contributed by atoms with Gasteiger partial charge < -0.3 is 5.43 Å². The Labute approximate surface area is 55.7 Å². The molecule has 9 heavy (non-hydrogen) atoms. The van der Waals surface area contributed by atoms with E-state index in [4.69, 9.17) is 0 Å². The molecule has 0 radical (unpaired) electrons. The number of nitrogens with one attached hydrogen (secondary N) is 1. The van der Waals surface area contributed by atoms with Crippen molar-refractivity contribution < 1.29 is 0 Å². The number of rotatable bonds is 2. The standard InChI is InChI=1S/C6H13N3/c1-3-7-8-6-4-9(2)5-6/h7H,3-5H2,1-2H3. The van der Waals surface area contributed by atoms with Gasteiger partial charge in [0.25, 0.3) is 0 Å². The van der Waals surface area contributed by atoms with Gasteiger partial charge in [-0.25, -0.2) is 0 Å². The van der Waals surface area contributed by atoms with Crippen molar-refractivity contribution in [2.45, 2.75) is 6.92 Å². The van der Waals surface area contributed by atoms with E-state index in [9.17, 15) is 0 Å². The molecule has 1 rings (SSSR count). The number of nitrogens with zero attached hydrogens (tertiary/aromatic N) is 2. The first-order valence-corrected chi connectivity index (χ1v) is 3.29. The van der Waals surface area contributed by atoms with E-state index in [0.717, 1.165) is 19.6 Å². The smallest absolute Gasteiger partial charge is 0.0658 e. The summed E-state index contributed by atoms with van der Waals surface area (Å²) in [5, 5.41) is 4.12. The average molecular weight is 127 g/mol. The summed E-state index contributed by atoms with van der Waals surface area (Å²) in [6.45, 7) is 5.04. The van der Waals surface area contributed by atoms with Crippen LogP contribution in [0.15, 0.2) is 5.10 Å². The molecule has 0 amide bonds. The van der Waals surface area contributed by atoms with Crippen LogP contribution in [0.1, 0.15) is 6.92 Å². The van der Waals surface area contributed by atoms with Crippen LogP contribution in [0.2, 0.25) is 0 Å². The molecule has 3 heteroatoms. The van der Waals surface area contributed by atoms with Crippen LogP contribution in [-0.2, 0) is 0 Å². The molecule has 1 N–H and O–H groups in total. The Morgan fingerprint density at radius 1 is 1.67 bits per heavy atom. The quantitative estimate of drug-likeness (QED) is 0.524. The third-order valence-electron chi connectivity index (χ3n) is 1.30. The van der Waals surface area contributed by atoms with E-state index in [0.29, 0.717) is 0 Å². The predicted molar refractivity (Wildman–Crippen MR) is 38.6 cm³/mol. The van der Waals surface area contributed by atoms with Crippen LogP contribution in [0.3, 0.4) is 0 Å². The Bertz CT molecular complexity index is 111. The fourth-order valence-electron chi connectivity index (χ4n) is 0.838. The van der Waals surface area contributed by atoms with Crippen LogP contribution >= 0.6 is 0 Å². The number of likely N-dealkylation sites (tertiary alicyclic amines) is 1. The van der Waals surface area contributed by atoms with Gasteiger partial charge in [-0.3, -0.25) is 4.90 Å². The molecular formula is C6H13N3. The molecule has 3 nitrogen and oxygen atoms in total. The summed E-state index contributed by atoms with van der Waals surface area (Å²) in [5.74, 6) is 0. The molecule has 0 aromatic heterocycles. The van der Waals surface area contributed by atoms with Crippen LogP contribution in [0.5, 0.6) is 0 Å². The average Bonchev–Trinajstić information content (AvgIpc) is 1.78. The van der Waals surface area contributed by atoms with E-state index >= 15 is 0 Å². The highest BCUT2D eigenvalue weighted by Crippen LogP contribution is 1.97. The van der Waals surface area contributed by atoms with Gasteiger partial charge in [0.05, 0.1) is 5.71 Å². The molecule has 1 aliphatic rings. The lowest BCUT2D eigenvalue weighted by molar-refractivity contribution is 0.373. The maximum atomic E-state index is 4.12. The second-order valence-corrected chi connectivity index (χ2v) is 2.36. The molecule has 0 unspecified atom stereocenters. The topological polar surface area (TPSA) is 27.6 Å². The first-order valence-electron chi connectivity index (χ1n) is 3.29. The summed E-state index contributed by atoms with van der Waals surface area (Å²) in [6, 6.07) is 0. The van der Waals surface area contributed by atoms with Crippen molar-refractivity contribution in [2.24, 2.45) is 5.10 Å². The SMILES string of the molecule is CCNN=C1CN(C)C1. The predicted octanol–water partition coefficient (Wildman–Crippen LogP) is -0.103. The van der Waals surface area contributed by atoms with Crippen molar-refractivity contribution in [1.29, 1.82) is 0 Å². The number of hydrogen-bond acceptors (Lipinski definition) is 3. The lowest BCUT2D eigenvalue weighted by Gasteiger charge is -2.27. The summed E-state index contributed by atoms with van der Waals surface area (Å²) in [4.78, 5) is 2.22. The normalized spacial score (nSPS) is 19.1. The maximum absolute atomic E-state index is 4.12. The molecule has 1 aliphatic heterocycles. The summed E-state index contributed by atoms with van der Waals surface area (Å²) >= 11 is 0. The highest BCUT2D eigenvalue weighted by atomic mass is 15.3. The Balaban J connectivity index is 2.14. The second kappa shape index (κ2) is 2.82. The molecule has 52 valence electrons. The van der Waals surface area contributed by atoms with Crippen molar-refractivity contribution in [3.8, 4) is 0 Å². The lowest BCUT2D eigenvalue weighted by atomic mass is 10.2. The third kappa shape index (κ3) is 1.68. The Morgan fingerprint density at radius 2 is 2.33 bits per heavy atom. The summed E-state index contributed by atoms with van der Waals surface area (Å²) in [7, 11) is 2.09. The van der Waals surface area contributed by atoms with Gasteiger partial charge in [-0.15, -0.1) is 0 Å². The summed E-state index contributed by atoms with van der Waals surface area (Å²) in [6.07, 6.45) is 0. The number of hydrogen-bond donors (Lipinski definition) is 1. The summed E-state index contributed by atoms with van der Waals surface area (Å²) in [5.41, 5.74) is 4.20. The van der Waals surface area contributed by atoms with Crippen LogP contribution < -0.4 is 5.43 Å². The molecule has 0 aliphatic carbocycles. The minimum atomic E-state index is 0.924. The minimum Gasteiger partial charge on any atom is -0.310 e. The van der Waals surface area contributed by atoms with Crippen molar-refractivity contribution in [3.05, 3.63) is 0 Å². The van der Waals surface area contributed by atoms with Crippen LogP contribution in [0.4, 0.5) is 0 Å². The first kappa shape index (κ1) is 6.55. The van der Waals surface area contributed by atoms with E-state index in [-0.39, 0.29) is 0 Å². The molecule has 1 heterocycles. The van der Waals surface area contributed by atoms with Gasteiger partial charge in [0.15, 0.2) is 0 Å². The van der Waals surface area contributed by atoms with Crippen molar-refractivity contribution in [2.75, 3.05) is 26.7 Å². The van der Waals surface area contributed by atoms with Crippen LogP contribution in [0.25, 0.3) is 0 Å². The fourth-order valence-corrected chi connectivity index (χ4v) is 0.838. The second-order valence-electron chi connectivity index (χ2n) is 2.36. The van der Waals surface area contributed by atoms with E-state index in [1.165, 1.54) is 5.71 Å². The zero-order valence-electron chi connectivity index (χ0n) is 6.02. The molecule has 0 aromatic carbocycles. The zero-order chi connectivity index (χ0) is 6.69. The first-order chi connectivity index (χ1) is 4.33. The van der Waals surface area contributed by atoms with E-state index in [1.54, 1.807) is 0 Å². The molecule has 0 spiro atoms. The maximum Gasteiger partial charge on any atom is 0.0658 e. The highest BCUT2D eigenvalue weighted by Gasteiger charge is 2.16. The largest absolute Gasteiger partial charge is 0.310 e. The van der Waals surface area contributed by atoms with Crippen LogP contribution in [0, 0.1) is 0 Å². The number of hydrazone groups is 1. The van der Waals surface area contributed by atoms with Gasteiger partial charge in [0, 0.05) is 19.6 Å². The fraction of sp³-hybridized carbons (Fsp3) is 0.833. The van der Waals surface area contributed by atoms with Gasteiger partial charge >= 0.3 is 0 Å². The monoisotopic (exact) mass is 127 g/mol. The van der Waals surface area contributed by atoms with Crippen molar-refractivity contribution in [1.82, 2.24) is 10.3 Å². The molecule has 0 saturated carbocycles. The van der Waals surface area contributed by atoms with E-state index in [2.05, 4.69) is 22.5 Å². The molecule has 1 fully saturated rings. The van der Waals surface area contributed by atoms with E-state index < -0.39 is 0 Å². The molecule has 1 saturated heterocycles. The van der Waals surface area contributed by atoms with Crippen molar-refractivity contribution in [3.63, 3.8) is 0 Å². The Morgan fingerprint density at radius 3 is 2.78 bits per heavy atom. The Kier molecular flexibility index (Phi) is 2.05. The molecule has 0 atom stereocenters. The van der Waals surface area contributed by atoms with Gasteiger partial charge in [0.2, 0.25) is 0 Å². The van der Waals surface area contributed by atoms with Gasteiger partial charge in [-0.2, -0.15) is 5.10 Å². The van der Waals surface area contributed by atoms with Crippen LogP contribution in [-0.4, -0.2) is 37.3 Å². The third-order valence-corrected chi connectivity index (χ3v) is 1.30. The zero-order valence-corrected chi connectivity index (χ0v) is 6.02. The van der Waals surface area contributed by atoms with Gasteiger partial charge in [-0.1, -0.05) is 0 Å². The highest BCUT2D eigenvalue weighted by molar-refractivity contribution is 5.92. The van der Waals surface area contributed by atoms with Gasteiger partial charge in [0.1, 0.15) is 0 Å². The molecule has 0 bridgehead atoms. The summed E-state index contributed by atoms with van der Waals surface area (Å²) < 4.78 is 0. The van der Waals surface area contributed by atoms with Gasteiger partial charge in [-0.05, 0) is 14.0 Å². The Hall–Kier alpha value is -0.570. The lowest BCUT2D eigenvalue weighted by Crippen LogP contribution is -2.45. The molecular weight excluding hydrogens is 114 g/mol. The van der Waals surface area contributed by atoms with Crippen molar-refractivity contribution >= 4 is 5.71 Å². The minimum absolute atomic E-state index is 0.924. The van der Waals surface area contributed by atoms with E-state index in [1.807, 2.05) is 6.92 Å². The molecule has 0 aromatic rings.